The van der Waals surface area contributed by atoms with Gasteiger partial charge in [-0.15, -0.1) is 0 Å². The van der Waals surface area contributed by atoms with Gasteiger partial charge in [0.05, 0.1) is 19.6 Å². The summed E-state index contributed by atoms with van der Waals surface area (Å²) in [6, 6.07) is 34.1. The Kier molecular flexibility index (Phi) is 10.0. The van der Waals surface area contributed by atoms with Gasteiger partial charge >= 0.3 is 0 Å². The average molecular weight is 881 g/mol. The molecule has 4 aromatic rings. The first kappa shape index (κ1) is 41.0. The molecule has 0 bridgehead atoms. The summed E-state index contributed by atoms with van der Waals surface area (Å²) in [6.45, 7) is 0. The molecule has 6 aliphatic rings. The molecule has 0 heterocycles. The van der Waals surface area contributed by atoms with Gasteiger partial charge in [-0.05, 0) is 105 Å². The van der Waals surface area contributed by atoms with Crippen LogP contribution in [-0.4, -0.2) is 33.7 Å². The molecule has 2 saturated carbocycles. The molecule has 0 radical (unpaired) electrons. The molecular formula is C48H48O8S4. The van der Waals surface area contributed by atoms with Crippen LogP contribution < -0.4 is 0 Å². The van der Waals surface area contributed by atoms with Crippen LogP contribution in [0.25, 0.3) is 0 Å². The minimum Gasteiger partial charge on any atom is -0.219 e. The lowest BCUT2D eigenvalue weighted by Gasteiger charge is -2.44. The summed E-state index contributed by atoms with van der Waals surface area (Å²) in [7, 11) is -14.3. The SMILES string of the molecule is O=S(=O)(C1=CC23C=C(S(=O)(=O)c4ccccc4)CC2(CCCC3)C1)c1ccccc1.O=S(=O)(C1=C[C@]23CCCC[C@]2(C=C(S(=O)(=O)c2ccccc2)C3)C1)c1ccccc1. The van der Waals surface area contributed by atoms with Crippen molar-refractivity contribution in [2.45, 2.75) is 96.6 Å². The van der Waals surface area contributed by atoms with Crippen LogP contribution in [0.1, 0.15) is 77.0 Å². The van der Waals surface area contributed by atoms with Crippen molar-refractivity contribution < 1.29 is 33.7 Å². The van der Waals surface area contributed by atoms with E-state index in [2.05, 4.69) is 0 Å². The molecule has 2 atom stereocenters. The molecule has 0 spiro atoms. The first-order chi connectivity index (χ1) is 28.6. The second kappa shape index (κ2) is 14.6. The molecule has 0 saturated heterocycles. The Labute approximate surface area is 354 Å². The van der Waals surface area contributed by atoms with Crippen molar-refractivity contribution >= 4 is 39.3 Å². The maximum atomic E-state index is 13.3. The molecule has 12 heteroatoms. The van der Waals surface area contributed by atoms with Crippen LogP contribution in [0.15, 0.2) is 185 Å². The molecule has 0 unspecified atom stereocenters. The van der Waals surface area contributed by atoms with E-state index >= 15 is 0 Å². The maximum Gasteiger partial charge on any atom is 0.202 e. The normalized spacial score (nSPS) is 28.4. The number of rotatable bonds is 8. The van der Waals surface area contributed by atoms with E-state index in [4.69, 9.17) is 0 Å². The summed E-state index contributed by atoms with van der Waals surface area (Å²) in [5, 5.41) is 0. The fourth-order valence-electron chi connectivity index (χ4n) is 11.3. The van der Waals surface area contributed by atoms with Crippen molar-refractivity contribution in [1.29, 1.82) is 0 Å². The van der Waals surface area contributed by atoms with Gasteiger partial charge < -0.3 is 0 Å². The Hall–Kier alpha value is -4.36. The predicted octanol–water partition coefficient (Wildman–Crippen LogP) is 10.1. The van der Waals surface area contributed by atoms with Crippen LogP contribution >= 0.6 is 0 Å². The number of allylic oxidation sites excluding steroid dienone is 8. The summed E-state index contributed by atoms with van der Waals surface area (Å²) < 4.78 is 106. The molecule has 60 heavy (non-hydrogen) atoms. The van der Waals surface area contributed by atoms with Crippen molar-refractivity contribution in [3.8, 4) is 0 Å². The van der Waals surface area contributed by atoms with Crippen molar-refractivity contribution in [1.82, 2.24) is 0 Å². The van der Waals surface area contributed by atoms with Crippen LogP contribution in [-0.2, 0) is 39.3 Å². The van der Waals surface area contributed by atoms with E-state index in [-0.39, 0.29) is 5.41 Å². The molecule has 0 N–H and O–H groups in total. The van der Waals surface area contributed by atoms with Crippen LogP contribution in [0.2, 0.25) is 0 Å². The Balaban J connectivity index is 0.000000154. The van der Waals surface area contributed by atoms with Crippen LogP contribution in [0, 0.1) is 21.7 Å². The third kappa shape index (κ3) is 6.46. The van der Waals surface area contributed by atoms with Crippen molar-refractivity contribution in [2.24, 2.45) is 21.7 Å². The highest BCUT2D eigenvalue weighted by molar-refractivity contribution is 7.96. The second-order valence-corrected chi connectivity index (χ2v) is 25.5. The zero-order valence-electron chi connectivity index (χ0n) is 33.2. The molecule has 0 aromatic heterocycles. The highest BCUT2D eigenvalue weighted by Crippen LogP contribution is 2.69. The average Bonchev–Trinajstić information content (AvgIpc) is 3.99. The van der Waals surface area contributed by atoms with E-state index in [9.17, 15) is 33.7 Å². The largest absolute Gasteiger partial charge is 0.219 e. The lowest BCUT2D eigenvalue weighted by atomic mass is 9.59. The number of sulfone groups is 4. The molecule has 0 aliphatic heterocycles. The summed E-state index contributed by atoms with van der Waals surface area (Å²) in [5.41, 5.74) is -1.67. The molecule has 0 amide bonds. The summed E-state index contributed by atoms with van der Waals surface area (Å²) >= 11 is 0. The van der Waals surface area contributed by atoms with Gasteiger partial charge in [0.25, 0.3) is 0 Å². The fraction of sp³-hybridized carbons (Fsp3) is 0.333. The monoisotopic (exact) mass is 880 g/mol. The minimum absolute atomic E-state index is 0.307. The number of benzene rings is 4. The lowest BCUT2D eigenvalue weighted by Crippen LogP contribution is -2.36. The van der Waals surface area contributed by atoms with Gasteiger partial charge in [0.2, 0.25) is 39.3 Å². The zero-order valence-corrected chi connectivity index (χ0v) is 36.5. The molecule has 4 aromatic carbocycles. The fourth-order valence-corrected chi connectivity index (χ4v) is 17.9. The molecule has 312 valence electrons. The van der Waals surface area contributed by atoms with Crippen LogP contribution in [0.5, 0.6) is 0 Å². The Bertz CT molecular complexity index is 2730. The van der Waals surface area contributed by atoms with Gasteiger partial charge in [-0.25, -0.2) is 33.7 Å². The molecule has 10 rings (SSSR count). The number of hydrogen-bond acceptors (Lipinski definition) is 8. The molecular weight excluding hydrogens is 833 g/mol. The molecule has 2 fully saturated rings. The van der Waals surface area contributed by atoms with Crippen molar-refractivity contribution in [3.63, 3.8) is 0 Å². The standard InChI is InChI=1S/2C24H24O4S2/c2*25-29(26,19-9-3-1-4-10-19)21-15-23-13-7-8-14-24(23,16-21)18-22(17-23)30(27,28)20-11-5-2-6-12-20/h1-6,9-12,15,18H,7-8,13-14,16-17H2;1-6,9-12,15,17H,7-8,13-14,16,18H2/t23-,24+;/m0./s1. The van der Waals surface area contributed by atoms with Gasteiger partial charge in [-0.3, -0.25) is 0 Å². The molecule has 8 nitrogen and oxygen atoms in total. The minimum atomic E-state index is -3.57. The highest BCUT2D eigenvalue weighted by Gasteiger charge is 2.62. The predicted molar refractivity (Wildman–Crippen MR) is 232 cm³/mol. The Morgan fingerprint density at radius 1 is 0.317 bits per heavy atom. The summed E-state index contributed by atoms with van der Waals surface area (Å²) in [5.74, 6) is 0. The van der Waals surface area contributed by atoms with E-state index in [1.807, 2.05) is 24.3 Å². The Morgan fingerprint density at radius 3 is 0.917 bits per heavy atom. The highest BCUT2D eigenvalue weighted by atomic mass is 32.2. The van der Waals surface area contributed by atoms with E-state index < -0.39 is 55.6 Å². The summed E-state index contributed by atoms with van der Waals surface area (Å²) in [4.78, 5) is 3.02. The van der Waals surface area contributed by atoms with Gasteiger partial charge in [0.15, 0.2) is 0 Å². The first-order valence-corrected chi connectivity index (χ1v) is 26.6. The van der Waals surface area contributed by atoms with E-state index in [0.717, 1.165) is 51.4 Å². The first-order valence-electron chi connectivity index (χ1n) is 20.7. The second-order valence-electron chi connectivity index (χ2n) is 17.5. The summed E-state index contributed by atoms with van der Waals surface area (Å²) in [6.07, 6.45) is 16.5. The topological polar surface area (TPSA) is 137 Å². The van der Waals surface area contributed by atoms with E-state index in [1.165, 1.54) is 0 Å². The van der Waals surface area contributed by atoms with Gasteiger partial charge in [0.1, 0.15) is 0 Å². The van der Waals surface area contributed by atoms with E-state index in [0.29, 0.717) is 64.9 Å². The Morgan fingerprint density at radius 2 is 0.600 bits per heavy atom. The van der Waals surface area contributed by atoms with Gasteiger partial charge in [0, 0.05) is 35.9 Å². The maximum absolute atomic E-state index is 13.3. The number of hydrogen-bond donors (Lipinski definition) is 0. The van der Waals surface area contributed by atoms with Gasteiger partial charge in [-0.2, -0.15) is 0 Å². The third-order valence-electron chi connectivity index (χ3n) is 14.3. The third-order valence-corrected chi connectivity index (χ3v) is 21.7. The van der Waals surface area contributed by atoms with Crippen LogP contribution in [0.3, 0.4) is 0 Å². The smallest absolute Gasteiger partial charge is 0.202 e. The lowest BCUT2D eigenvalue weighted by molar-refractivity contribution is 0.102. The van der Waals surface area contributed by atoms with Crippen molar-refractivity contribution in [2.75, 3.05) is 0 Å². The molecule has 6 aliphatic carbocycles. The van der Waals surface area contributed by atoms with Crippen molar-refractivity contribution in [3.05, 3.63) is 165 Å². The quantitative estimate of drug-likeness (QED) is 0.171. The van der Waals surface area contributed by atoms with Gasteiger partial charge in [-0.1, -0.05) is 123 Å². The zero-order chi connectivity index (χ0) is 42.1. The van der Waals surface area contributed by atoms with Crippen LogP contribution in [0.4, 0.5) is 0 Å². The van der Waals surface area contributed by atoms with E-state index in [1.54, 1.807) is 121 Å².